The van der Waals surface area contributed by atoms with Crippen molar-refractivity contribution in [3.05, 3.63) is 64.0 Å². The number of thiazole rings is 1. The predicted octanol–water partition coefficient (Wildman–Crippen LogP) is 5.10. The van der Waals surface area contributed by atoms with E-state index in [2.05, 4.69) is 52.5 Å². The number of nitrogens with zero attached hydrogens (tertiary/aromatic N) is 2. The van der Waals surface area contributed by atoms with Gasteiger partial charge in [-0.2, -0.15) is 0 Å². The summed E-state index contributed by atoms with van der Waals surface area (Å²) in [5.41, 5.74) is 3.31. The third kappa shape index (κ3) is 5.53. The summed E-state index contributed by atoms with van der Waals surface area (Å²) in [6, 6.07) is 13.4. The second-order valence-electron chi connectivity index (χ2n) is 7.71. The highest BCUT2D eigenvalue weighted by atomic mass is 32.1. The van der Waals surface area contributed by atoms with E-state index in [1.165, 1.54) is 31.4 Å². The average Bonchev–Trinajstić information content (AvgIpc) is 3.41. The molecule has 1 fully saturated rings. The first-order chi connectivity index (χ1) is 14.2. The number of carbonyl (C=O) groups excluding carboxylic acids is 1. The lowest BCUT2D eigenvalue weighted by Gasteiger charge is -2.33. The molecule has 0 radical (unpaired) electrons. The summed E-state index contributed by atoms with van der Waals surface area (Å²) >= 11 is 3.27. The van der Waals surface area contributed by atoms with Crippen molar-refractivity contribution in [2.45, 2.75) is 51.7 Å². The van der Waals surface area contributed by atoms with Crippen molar-refractivity contribution in [1.82, 2.24) is 15.2 Å². The van der Waals surface area contributed by atoms with E-state index in [0.29, 0.717) is 19.0 Å². The number of thiophene rings is 1. The van der Waals surface area contributed by atoms with E-state index in [1.807, 2.05) is 16.8 Å². The molecular formula is C23H27N3OS2. The Hall–Kier alpha value is -2.02. The van der Waals surface area contributed by atoms with E-state index in [1.54, 1.807) is 22.7 Å². The van der Waals surface area contributed by atoms with E-state index in [4.69, 9.17) is 0 Å². The number of amides is 1. The zero-order valence-electron chi connectivity index (χ0n) is 16.8. The lowest BCUT2D eigenvalue weighted by molar-refractivity contribution is -0.120. The zero-order valence-corrected chi connectivity index (χ0v) is 18.4. The predicted molar refractivity (Wildman–Crippen MR) is 121 cm³/mol. The lowest BCUT2D eigenvalue weighted by Crippen LogP contribution is -2.36. The van der Waals surface area contributed by atoms with Gasteiger partial charge >= 0.3 is 0 Å². The van der Waals surface area contributed by atoms with Gasteiger partial charge in [0.25, 0.3) is 0 Å². The van der Waals surface area contributed by atoms with Gasteiger partial charge in [0.05, 0.1) is 17.0 Å². The summed E-state index contributed by atoms with van der Waals surface area (Å²) < 4.78 is 0. The van der Waals surface area contributed by atoms with Gasteiger partial charge in [0.1, 0.15) is 5.01 Å². The van der Waals surface area contributed by atoms with Crippen molar-refractivity contribution in [3.63, 3.8) is 0 Å². The normalized spacial score (nSPS) is 17.3. The van der Waals surface area contributed by atoms with Crippen LogP contribution in [0.2, 0.25) is 0 Å². The number of hydrogen-bond donors (Lipinski definition) is 1. The largest absolute Gasteiger partial charge is 0.352 e. The van der Waals surface area contributed by atoms with Gasteiger partial charge in [0.15, 0.2) is 0 Å². The number of likely N-dealkylation sites (tertiary alicyclic amines) is 1. The quantitative estimate of drug-likeness (QED) is 0.572. The fourth-order valence-electron chi connectivity index (χ4n) is 3.72. The van der Waals surface area contributed by atoms with Gasteiger partial charge in [-0.05, 0) is 48.9 Å². The SMILES string of the molecule is CC1CCCCN1Cc1ccc(CNC(=O)Cc2csc(-c3cccs3)n2)cc1. The van der Waals surface area contributed by atoms with Gasteiger partial charge in [-0.25, -0.2) is 4.98 Å². The fraction of sp³-hybridized carbons (Fsp3) is 0.391. The van der Waals surface area contributed by atoms with E-state index in [9.17, 15) is 4.79 Å². The molecular weight excluding hydrogens is 398 g/mol. The van der Waals surface area contributed by atoms with Crippen LogP contribution >= 0.6 is 22.7 Å². The summed E-state index contributed by atoms with van der Waals surface area (Å²) in [5.74, 6) is 0.0132. The molecule has 4 rings (SSSR count). The number of piperidine rings is 1. The van der Waals surface area contributed by atoms with Gasteiger partial charge in [-0.1, -0.05) is 36.8 Å². The topological polar surface area (TPSA) is 45.2 Å². The molecule has 1 aromatic carbocycles. The number of hydrogen-bond acceptors (Lipinski definition) is 5. The minimum Gasteiger partial charge on any atom is -0.352 e. The van der Waals surface area contributed by atoms with Gasteiger partial charge in [0, 0.05) is 24.5 Å². The Morgan fingerprint density at radius 3 is 2.76 bits per heavy atom. The van der Waals surface area contributed by atoms with Crippen molar-refractivity contribution in [3.8, 4) is 9.88 Å². The van der Waals surface area contributed by atoms with Crippen LogP contribution in [0.3, 0.4) is 0 Å². The second-order valence-corrected chi connectivity index (χ2v) is 9.51. The molecule has 29 heavy (non-hydrogen) atoms. The van der Waals surface area contributed by atoms with E-state index < -0.39 is 0 Å². The van der Waals surface area contributed by atoms with Gasteiger partial charge < -0.3 is 5.32 Å². The zero-order chi connectivity index (χ0) is 20.1. The van der Waals surface area contributed by atoms with Crippen LogP contribution in [-0.4, -0.2) is 28.4 Å². The van der Waals surface area contributed by atoms with Crippen LogP contribution in [0, 0.1) is 0 Å². The van der Waals surface area contributed by atoms with Crippen molar-refractivity contribution in [2.75, 3.05) is 6.54 Å². The van der Waals surface area contributed by atoms with Crippen LogP contribution in [0.1, 0.15) is 43.0 Å². The van der Waals surface area contributed by atoms with Crippen molar-refractivity contribution >= 4 is 28.6 Å². The van der Waals surface area contributed by atoms with E-state index in [-0.39, 0.29) is 5.91 Å². The average molecular weight is 426 g/mol. The minimum atomic E-state index is 0.0132. The number of carbonyl (C=O) groups is 1. The molecule has 1 saturated heterocycles. The lowest BCUT2D eigenvalue weighted by atomic mass is 10.0. The number of benzene rings is 1. The fourth-order valence-corrected chi connectivity index (χ4v) is 5.35. The summed E-state index contributed by atoms with van der Waals surface area (Å²) in [5, 5.41) is 8.03. The first kappa shape index (κ1) is 20.3. The molecule has 0 bridgehead atoms. The van der Waals surface area contributed by atoms with Crippen LogP contribution < -0.4 is 5.32 Å². The number of rotatable bonds is 7. The molecule has 2 aromatic heterocycles. The molecule has 1 aliphatic rings. The Morgan fingerprint density at radius 2 is 2.00 bits per heavy atom. The van der Waals surface area contributed by atoms with Gasteiger partial charge in [-0.3, -0.25) is 9.69 Å². The maximum atomic E-state index is 12.3. The van der Waals surface area contributed by atoms with Crippen molar-refractivity contribution < 1.29 is 4.79 Å². The standard InChI is InChI=1S/C23H27N3OS2/c1-17-5-2-3-11-26(17)15-19-9-7-18(8-10-19)14-24-22(27)13-20-16-29-23(25-20)21-6-4-12-28-21/h4,6-10,12,16-17H,2-3,5,11,13-15H2,1H3,(H,24,27). The summed E-state index contributed by atoms with van der Waals surface area (Å²) in [6.07, 6.45) is 4.29. The highest BCUT2D eigenvalue weighted by Gasteiger charge is 2.18. The van der Waals surface area contributed by atoms with Crippen LogP contribution in [-0.2, 0) is 24.3 Å². The molecule has 0 aliphatic carbocycles. The minimum absolute atomic E-state index is 0.0132. The number of aromatic nitrogens is 1. The van der Waals surface area contributed by atoms with Gasteiger partial charge in [0.2, 0.25) is 5.91 Å². The molecule has 1 unspecified atom stereocenters. The third-order valence-corrected chi connectivity index (χ3v) is 7.39. The maximum absolute atomic E-state index is 12.3. The molecule has 152 valence electrons. The van der Waals surface area contributed by atoms with E-state index >= 15 is 0 Å². The van der Waals surface area contributed by atoms with Crippen LogP contribution in [0.4, 0.5) is 0 Å². The Balaban J connectivity index is 1.25. The Bertz CT molecular complexity index is 918. The van der Waals surface area contributed by atoms with Crippen LogP contribution in [0.15, 0.2) is 47.2 Å². The molecule has 6 heteroatoms. The van der Waals surface area contributed by atoms with Crippen molar-refractivity contribution in [1.29, 1.82) is 0 Å². The monoisotopic (exact) mass is 425 g/mol. The smallest absolute Gasteiger partial charge is 0.226 e. The molecule has 0 spiro atoms. The molecule has 0 saturated carbocycles. The maximum Gasteiger partial charge on any atom is 0.226 e. The third-order valence-electron chi connectivity index (χ3n) is 5.46. The summed E-state index contributed by atoms with van der Waals surface area (Å²) in [6.45, 7) is 5.10. The highest BCUT2D eigenvalue weighted by molar-refractivity contribution is 7.20. The van der Waals surface area contributed by atoms with Gasteiger partial charge in [-0.15, -0.1) is 22.7 Å². The highest BCUT2D eigenvalue weighted by Crippen LogP contribution is 2.27. The molecule has 1 amide bonds. The molecule has 4 nitrogen and oxygen atoms in total. The van der Waals surface area contributed by atoms with Crippen LogP contribution in [0.25, 0.3) is 9.88 Å². The summed E-state index contributed by atoms with van der Waals surface area (Å²) in [4.78, 5) is 20.6. The Labute approximate surface area is 180 Å². The molecule has 1 aliphatic heterocycles. The molecule has 1 atom stereocenters. The molecule has 3 heterocycles. The Kier molecular flexibility index (Phi) is 6.74. The first-order valence-electron chi connectivity index (χ1n) is 10.2. The molecule has 3 aromatic rings. The summed E-state index contributed by atoms with van der Waals surface area (Å²) in [7, 11) is 0. The molecule has 1 N–H and O–H groups in total. The number of nitrogens with one attached hydrogen (secondary N) is 1. The van der Waals surface area contributed by atoms with Crippen molar-refractivity contribution in [2.24, 2.45) is 0 Å². The second kappa shape index (κ2) is 9.65. The first-order valence-corrected chi connectivity index (χ1v) is 12.0. The van der Waals surface area contributed by atoms with E-state index in [0.717, 1.165) is 27.7 Å². The van der Waals surface area contributed by atoms with Crippen LogP contribution in [0.5, 0.6) is 0 Å². The Morgan fingerprint density at radius 1 is 1.17 bits per heavy atom.